The molecule has 0 saturated carbocycles. The molecule has 0 aromatic heterocycles. The van der Waals surface area contributed by atoms with Crippen LogP contribution < -0.4 is 13.9 Å². The maximum Gasteiger partial charge on any atom is 0.264 e. The Morgan fingerprint density at radius 2 is 1.59 bits per heavy atom. The van der Waals surface area contributed by atoms with Gasteiger partial charge in [-0.2, -0.15) is 0 Å². The second-order valence-corrected chi connectivity index (χ2v) is 10.4. The molecule has 4 rings (SSSR count). The summed E-state index contributed by atoms with van der Waals surface area (Å²) in [5.41, 5.74) is 2.04. The van der Waals surface area contributed by atoms with Gasteiger partial charge in [-0.3, -0.25) is 9.10 Å². The first kappa shape index (κ1) is 23.9. The molecule has 0 aliphatic carbocycles. The van der Waals surface area contributed by atoms with E-state index < -0.39 is 10.0 Å². The number of halogens is 1. The van der Waals surface area contributed by atoms with Crippen molar-refractivity contribution in [1.82, 2.24) is 4.90 Å². The van der Waals surface area contributed by atoms with E-state index in [4.69, 9.17) is 16.3 Å². The summed E-state index contributed by atoms with van der Waals surface area (Å²) in [6, 6.07) is 20.6. The number of carbonyl (C=O) groups excluding carboxylic acids is 1. The molecule has 0 spiro atoms. The number of anilines is 2. The number of piperazine rings is 1. The largest absolute Gasteiger partial charge is 0.497 e. The van der Waals surface area contributed by atoms with Crippen LogP contribution in [0.15, 0.2) is 77.7 Å². The standard InChI is InChI=1S/C25H26ClN3O4S/c1-27(34(31,32)24-12-10-23(33-2)11-13-24)21-8-6-19(7-9-21)25(30)29-16-14-28(15-17-29)22-5-3-4-20(26)18-22/h3-13,18H,14-17H2,1-2H3. The van der Waals surface area contributed by atoms with E-state index in [0.29, 0.717) is 48.2 Å². The van der Waals surface area contributed by atoms with Gasteiger partial charge in [-0.25, -0.2) is 8.42 Å². The second-order valence-electron chi connectivity index (χ2n) is 7.95. The maximum atomic E-state index is 13.0. The molecule has 0 atom stereocenters. The first-order valence-electron chi connectivity index (χ1n) is 10.8. The fraction of sp³-hybridized carbons (Fsp3) is 0.240. The fourth-order valence-electron chi connectivity index (χ4n) is 3.88. The van der Waals surface area contributed by atoms with Crippen molar-refractivity contribution in [2.24, 2.45) is 0 Å². The number of hydrogen-bond donors (Lipinski definition) is 0. The van der Waals surface area contributed by atoms with Crippen LogP contribution in [0.1, 0.15) is 10.4 Å². The lowest BCUT2D eigenvalue weighted by Gasteiger charge is -2.36. The number of amides is 1. The average Bonchev–Trinajstić information content (AvgIpc) is 2.88. The van der Waals surface area contributed by atoms with Gasteiger partial charge >= 0.3 is 0 Å². The van der Waals surface area contributed by atoms with E-state index in [1.54, 1.807) is 36.4 Å². The number of hydrogen-bond acceptors (Lipinski definition) is 5. The van der Waals surface area contributed by atoms with Crippen molar-refractivity contribution in [2.75, 3.05) is 49.5 Å². The van der Waals surface area contributed by atoms with Crippen molar-refractivity contribution in [3.05, 3.63) is 83.4 Å². The quantitative estimate of drug-likeness (QED) is 0.510. The highest BCUT2D eigenvalue weighted by Crippen LogP contribution is 2.25. The van der Waals surface area contributed by atoms with E-state index in [1.165, 1.54) is 30.6 Å². The minimum absolute atomic E-state index is 0.0713. The number of ether oxygens (including phenoxy) is 1. The molecule has 1 fully saturated rings. The van der Waals surface area contributed by atoms with Gasteiger partial charge in [-0.15, -0.1) is 0 Å². The molecule has 1 heterocycles. The highest BCUT2D eigenvalue weighted by atomic mass is 35.5. The SMILES string of the molecule is COc1ccc(S(=O)(=O)N(C)c2ccc(C(=O)N3CCN(c4cccc(Cl)c4)CC3)cc2)cc1. The summed E-state index contributed by atoms with van der Waals surface area (Å²) in [6.07, 6.45) is 0. The molecule has 1 aliphatic rings. The minimum atomic E-state index is -3.74. The van der Waals surface area contributed by atoms with Gasteiger partial charge in [0.25, 0.3) is 15.9 Å². The molecule has 3 aromatic rings. The van der Waals surface area contributed by atoms with E-state index in [-0.39, 0.29) is 10.8 Å². The highest BCUT2D eigenvalue weighted by Gasteiger charge is 2.24. The molecule has 0 unspecified atom stereocenters. The summed E-state index contributed by atoms with van der Waals surface area (Å²) in [5.74, 6) is 0.510. The molecule has 1 amide bonds. The molecule has 34 heavy (non-hydrogen) atoms. The molecular weight excluding hydrogens is 474 g/mol. The van der Waals surface area contributed by atoms with Gasteiger partial charge in [0.2, 0.25) is 0 Å². The number of benzene rings is 3. The first-order valence-corrected chi connectivity index (χ1v) is 12.6. The van der Waals surface area contributed by atoms with E-state index >= 15 is 0 Å². The Labute approximate surface area is 205 Å². The van der Waals surface area contributed by atoms with E-state index in [2.05, 4.69) is 4.90 Å². The van der Waals surface area contributed by atoms with Gasteiger partial charge in [0.05, 0.1) is 17.7 Å². The number of carbonyl (C=O) groups is 1. The monoisotopic (exact) mass is 499 g/mol. The van der Waals surface area contributed by atoms with Gasteiger partial charge in [-0.1, -0.05) is 17.7 Å². The maximum absolute atomic E-state index is 13.0. The van der Waals surface area contributed by atoms with E-state index in [9.17, 15) is 13.2 Å². The summed E-state index contributed by atoms with van der Waals surface area (Å²) in [6.45, 7) is 2.62. The van der Waals surface area contributed by atoms with Crippen LogP contribution in [0.5, 0.6) is 5.75 Å². The lowest BCUT2D eigenvalue weighted by molar-refractivity contribution is 0.0747. The van der Waals surface area contributed by atoms with E-state index in [1.807, 2.05) is 29.2 Å². The topological polar surface area (TPSA) is 70.2 Å². The summed E-state index contributed by atoms with van der Waals surface area (Å²) < 4.78 is 32.2. The van der Waals surface area contributed by atoms with Gasteiger partial charge in [0.1, 0.15) is 5.75 Å². The van der Waals surface area contributed by atoms with Crippen LogP contribution in [0.2, 0.25) is 5.02 Å². The summed E-state index contributed by atoms with van der Waals surface area (Å²) >= 11 is 6.10. The molecule has 7 nitrogen and oxygen atoms in total. The molecule has 3 aromatic carbocycles. The van der Waals surface area contributed by atoms with Crippen molar-refractivity contribution in [2.45, 2.75) is 4.90 Å². The van der Waals surface area contributed by atoms with Crippen molar-refractivity contribution < 1.29 is 17.9 Å². The lowest BCUT2D eigenvalue weighted by Crippen LogP contribution is -2.48. The lowest BCUT2D eigenvalue weighted by atomic mass is 10.1. The number of methoxy groups -OCH3 is 1. The highest BCUT2D eigenvalue weighted by molar-refractivity contribution is 7.92. The smallest absolute Gasteiger partial charge is 0.264 e. The molecule has 1 saturated heterocycles. The zero-order valence-electron chi connectivity index (χ0n) is 19.0. The van der Waals surface area contributed by atoms with Crippen molar-refractivity contribution in [3.8, 4) is 5.75 Å². The normalized spacial score (nSPS) is 14.1. The third kappa shape index (κ3) is 4.98. The van der Waals surface area contributed by atoms with Crippen LogP contribution in [-0.4, -0.2) is 59.6 Å². The third-order valence-electron chi connectivity index (χ3n) is 5.94. The Morgan fingerprint density at radius 3 is 2.18 bits per heavy atom. The first-order chi connectivity index (χ1) is 16.3. The Hall–Kier alpha value is -3.23. The molecule has 9 heteroatoms. The number of rotatable bonds is 6. The Bertz CT molecular complexity index is 1260. The average molecular weight is 500 g/mol. The van der Waals surface area contributed by atoms with Crippen LogP contribution in [0, 0.1) is 0 Å². The van der Waals surface area contributed by atoms with Gasteiger partial charge < -0.3 is 14.5 Å². The minimum Gasteiger partial charge on any atom is -0.497 e. The van der Waals surface area contributed by atoms with Crippen LogP contribution in [0.3, 0.4) is 0 Å². The van der Waals surface area contributed by atoms with Crippen LogP contribution in [0.4, 0.5) is 11.4 Å². The predicted molar refractivity (Wildman–Crippen MR) is 135 cm³/mol. The molecule has 0 bridgehead atoms. The molecule has 178 valence electrons. The van der Waals surface area contributed by atoms with Gasteiger partial charge in [-0.05, 0) is 66.7 Å². The van der Waals surface area contributed by atoms with Crippen molar-refractivity contribution in [1.29, 1.82) is 0 Å². The molecule has 1 aliphatic heterocycles. The van der Waals surface area contributed by atoms with Gasteiger partial charge in [0, 0.05) is 49.5 Å². The number of sulfonamides is 1. The molecule has 0 N–H and O–H groups in total. The summed E-state index contributed by atoms with van der Waals surface area (Å²) in [7, 11) is -0.722. The Kier molecular flexibility index (Phi) is 7.00. The molecular formula is C25H26ClN3O4S. The number of nitrogens with zero attached hydrogens (tertiary/aromatic N) is 3. The summed E-state index contributed by atoms with van der Waals surface area (Å²) in [5, 5.41) is 0.690. The molecule has 0 radical (unpaired) electrons. The zero-order valence-corrected chi connectivity index (χ0v) is 20.6. The summed E-state index contributed by atoms with van der Waals surface area (Å²) in [4.78, 5) is 17.2. The van der Waals surface area contributed by atoms with Gasteiger partial charge in [0.15, 0.2) is 0 Å². The fourth-order valence-corrected chi connectivity index (χ4v) is 5.26. The third-order valence-corrected chi connectivity index (χ3v) is 7.97. The van der Waals surface area contributed by atoms with Crippen molar-refractivity contribution in [3.63, 3.8) is 0 Å². The Morgan fingerprint density at radius 1 is 0.941 bits per heavy atom. The van der Waals surface area contributed by atoms with Crippen LogP contribution in [0.25, 0.3) is 0 Å². The predicted octanol–water partition coefficient (Wildman–Crippen LogP) is 4.14. The van der Waals surface area contributed by atoms with Crippen LogP contribution >= 0.6 is 11.6 Å². The van der Waals surface area contributed by atoms with Crippen LogP contribution in [-0.2, 0) is 10.0 Å². The van der Waals surface area contributed by atoms with E-state index in [0.717, 1.165) is 5.69 Å². The second kappa shape index (κ2) is 9.95. The van der Waals surface area contributed by atoms with Crippen molar-refractivity contribution >= 4 is 38.9 Å². The Balaban J connectivity index is 1.41. The zero-order chi connectivity index (χ0) is 24.3.